The van der Waals surface area contributed by atoms with Gasteiger partial charge < -0.3 is 9.47 Å². The van der Waals surface area contributed by atoms with Crippen LogP contribution in [0.3, 0.4) is 0 Å². The third-order valence-corrected chi connectivity index (χ3v) is 4.33. The standard InChI is InChI=1S/C18H18O4S/c1-12-4-9-16(13(2)10-12)23-11-17(19)22-15-7-5-14(6-8-15)18(20)21-3/h4-10H,11H2,1-3H3. The number of benzene rings is 2. The zero-order valence-corrected chi connectivity index (χ0v) is 14.1. The van der Waals surface area contributed by atoms with Gasteiger partial charge in [-0.3, -0.25) is 4.79 Å². The summed E-state index contributed by atoms with van der Waals surface area (Å²) in [5, 5.41) is 0. The maximum Gasteiger partial charge on any atom is 0.337 e. The molecule has 0 atom stereocenters. The SMILES string of the molecule is COC(=O)c1ccc(OC(=O)CSc2ccc(C)cc2C)cc1. The van der Waals surface area contributed by atoms with Crippen LogP contribution in [0.1, 0.15) is 21.5 Å². The van der Waals surface area contributed by atoms with E-state index in [1.54, 1.807) is 24.3 Å². The Bertz CT molecular complexity index is 707. The van der Waals surface area contributed by atoms with Crippen LogP contribution in [0.2, 0.25) is 0 Å². The molecule has 0 amide bonds. The van der Waals surface area contributed by atoms with Gasteiger partial charge in [0.15, 0.2) is 0 Å². The summed E-state index contributed by atoms with van der Waals surface area (Å²) >= 11 is 1.45. The van der Waals surface area contributed by atoms with E-state index in [0.717, 1.165) is 10.5 Å². The number of ether oxygens (including phenoxy) is 2. The fourth-order valence-corrected chi connectivity index (χ4v) is 2.82. The quantitative estimate of drug-likeness (QED) is 0.474. The van der Waals surface area contributed by atoms with Gasteiger partial charge in [-0.1, -0.05) is 17.7 Å². The largest absolute Gasteiger partial charge is 0.465 e. The Morgan fingerprint density at radius 3 is 2.35 bits per heavy atom. The number of hydrogen-bond donors (Lipinski definition) is 0. The van der Waals surface area contributed by atoms with Crippen LogP contribution < -0.4 is 4.74 Å². The molecule has 0 spiro atoms. The normalized spacial score (nSPS) is 10.2. The van der Waals surface area contributed by atoms with Gasteiger partial charge >= 0.3 is 11.9 Å². The minimum absolute atomic E-state index is 0.225. The highest BCUT2D eigenvalue weighted by Gasteiger charge is 2.09. The highest BCUT2D eigenvalue weighted by atomic mass is 32.2. The summed E-state index contributed by atoms with van der Waals surface area (Å²) in [4.78, 5) is 24.3. The zero-order valence-electron chi connectivity index (χ0n) is 13.3. The lowest BCUT2D eigenvalue weighted by molar-refractivity contribution is -0.131. The highest BCUT2D eigenvalue weighted by Crippen LogP contribution is 2.23. The van der Waals surface area contributed by atoms with Gasteiger partial charge in [-0.25, -0.2) is 4.79 Å². The number of rotatable bonds is 5. The Morgan fingerprint density at radius 2 is 1.74 bits per heavy atom. The molecule has 0 fully saturated rings. The molecule has 0 aromatic heterocycles. The first-order chi connectivity index (χ1) is 11.0. The maximum atomic E-state index is 11.9. The number of esters is 2. The monoisotopic (exact) mass is 330 g/mol. The van der Waals surface area contributed by atoms with E-state index in [9.17, 15) is 9.59 Å². The molecule has 0 saturated carbocycles. The van der Waals surface area contributed by atoms with E-state index < -0.39 is 5.97 Å². The average molecular weight is 330 g/mol. The van der Waals surface area contributed by atoms with Crippen LogP contribution in [0.15, 0.2) is 47.4 Å². The fourth-order valence-electron chi connectivity index (χ4n) is 2.04. The van der Waals surface area contributed by atoms with Gasteiger partial charge in [0.1, 0.15) is 5.75 Å². The van der Waals surface area contributed by atoms with Crippen molar-refractivity contribution in [3.05, 3.63) is 59.2 Å². The van der Waals surface area contributed by atoms with Gasteiger partial charge in [0.05, 0.1) is 18.4 Å². The molecule has 0 bridgehead atoms. The third kappa shape index (κ3) is 4.86. The molecule has 120 valence electrons. The van der Waals surface area contributed by atoms with Gasteiger partial charge in [0.2, 0.25) is 0 Å². The molecule has 0 aliphatic heterocycles. The number of methoxy groups -OCH3 is 1. The molecule has 0 saturated heterocycles. The Labute approximate surface area is 139 Å². The summed E-state index contributed by atoms with van der Waals surface area (Å²) < 4.78 is 9.87. The van der Waals surface area contributed by atoms with Crippen molar-refractivity contribution in [3.63, 3.8) is 0 Å². The topological polar surface area (TPSA) is 52.6 Å². The molecule has 0 unspecified atom stereocenters. The van der Waals surface area contributed by atoms with E-state index in [-0.39, 0.29) is 11.7 Å². The Balaban J connectivity index is 1.90. The lowest BCUT2D eigenvalue weighted by Crippen LogP contribution is -2.11. The second-order valence-corrected chi connectivity index (χ2v) is 6.06. The average Bonchev–Trinajstić information content (AvgIpc) is 2.54. The van der Waals surface area contributed by atoms with Crippen molar-refractivity contribution in [1.82, 2.24) is 0 Å². The van der Waals surface area contributed by atoms with Crippen LogP contribution >= 0.6 is 11.8 Å². The number of aryl methyl sites for hydroxylation is 2. The van der Waals surface area contributed by atoms with Gasteiger partial charge in [0.25, 0.3) is 0 Å². The summed E-state index contributed by atoms with van der Waals surface area (Å²) in [6.45, 7) is 4.06. The Kier molecular flexibility index (Phi) is 5.82. The molecule has 2 rings (SSSR count). The number of thioether (sulfide) groups is 1. The van der Waals surface area contributed by atoms with Gasteiger partial charge in [-0.2, -0.15) is 0 Å². The van der Waals surface area contributed by atoms with E-state index in [1.807, 2.05) is 26.0 Å². The Morgan fingerprint density at radius 1 is 1.04 bits per heavy atom. The smallest absolute Gasteiger partial charge is 0.337 e. The molecule has 0 radical (unpaired) electrons. The van der Waals surface area contributed by atoms with E-state index in [1.165, 1.54) is 24.4 Å². The molecule has 5 heteroatoms. The predicted octanol–water partition coefficient (Wildman–Crippen LogP) is 3.79. The lowest BCUT2D eigenvalue weighted by atomic mass is 10.2. The third-order valence-electron chi connectivity index (χ3n) is 3.18. The Hall–Kier alpha value is -2.27. The number of carbonyl (C=O) groups is 2. The first-order valence-electron chi connectivity index (χ1n) is 7.08. The first-order valence-corrected chi connectivity index (χ1v) is 8.07. The van der Waals surface area contributed by atoms with E-state index in [2.05, 4.69) is 10.8 Å². The van der Waals surface area contributed by atoms with E-state index in [4.69, 9.17) is 4.74 Å². The fraction of sp³-hybridized carbons (Fsp3) is 0.222. The van der Waals surface area contributed by atoms with Crippen LogP contribution in [-0.2, 0) is 9.53 Å². The van der Waals surface area contributed by atoms with Crippen molar-refractivity contribution in [2.45, 2.75) is 18.7 Å². The van der Waals surface area contributed by atoms with Crippen molar-refractivity contribution in [3.8, 4) is 5.75 Å². The summed E-state index contributed by atoms with van der Waals surface area (Å²) in [6.07, 6.45) is 0. The molecule has 0 aliphatic carbocycles. The molecule has 23 heavy (non-hydrogen) atoms. The molecule has 0 heterocycles. The van der Waals surface area contributed by atoms with Crippen molar-refractivity contribution >= 4 is 23.7 Å². The molecule has 0 N–H and O–H groups in total. The summed E-state index contributed by atoms with van der Waals surface area (Å²) in [5.74, 6) is -0.124. The van der Waals surface area contributed by atoms with Gasteiger partial charge in [-0.15, -0.1) is 11.8 Å². The summed E-state index contributed by atoms with van der Waals surface area (Å²) in [6, 6.07) is 12.4. The molecule has 4 nitrogen and oxygen atoms in total. The molecule has 2 aromatic carbocycles. The van der Waals surface area contributed by atoms with E-state index in [0.29, 0.717) is 11.3 Å². The molecular weight excluding hydrogens is 312 g/mol. The molecular formula is C18H18O4S. The van der Waals surface area contributed by atoms with Crippen molar-refractivity contribution in [2.24, 2.45) is 0 Å². The van der Waals surface area contributed by atoms with Gasteiger partial charge in [-0.05, 0) is 49.7 Å². The van der Waals surface area contributed by atoms with Crippen molar-refractivity contribution in [2.75, 3.05) is 12.9 Å². The van der Waals surface area contributed by atoms with Crippen molar-refractivity contribution in [1.29, 1.82) is 0 Å². The minimum Gasteiger partial charge on any atom is -0.465 e. The van der Waals surface area contributed by atoms with Crippen LogP contribution in [0.4, 0.5) is 0 Å². The highest BCUT2D eigenvalue weighted by molar-refractivity contribution is 8.00. The van der Waals surface area contributed by atoms with Crippen LogP contribution in [0.25, 0.3) is 0 Å². The molecule has 0 aliphatic rings. The minimum atomic E-state index is -0.423. The van der Waals surface area contributed by atoms with Crippen molar-refractivity contribution < 1.29 is 19.1 Å². The summed E-state index contributed by atoms with van der Waals surface area (Å²) in [5.41, 5.74) is 2.75. The maximum absolute atomic E-state index is 11.9. The van der Waals surface area contributed by atoms with Crippen LogP contribution in [-0.4, -0.2) is 24.8 Å². The second-order valence-electron chi connectivity index (χ2n) is 5.05. The first kappa shape index (κ1) is 17.1. The second kappa shape index (κ2) is 7.83. The zero-order chi connectivity index (χ0) is 16.8. The number of carbonyl (C=O) groups excluding carboxylic acids is 2. The van der Waals surface area contributed by atoms with E-state index >= 15 is 0 Å². The van der Waals surface area contributed by atoms with Crippen LogP contribution in [0, 0.1) is 13.8 Å². The molecule has 2 aromatic rings. The lowest BCUT2D eigenvalue weighted by Gasteiger charge is -2.07. The predicted molar refractivity (Wildman–Crippen MR) is 90.1 cm³/mol. The van der Waals surface area contributed by atoms with Gasteiger partial charge in [0, 0.05) is 4.90 Å². The number of hydrogen-bond acceptors (Lipinski definition) is 5. The summed E-state index contributed by atoms with van der Waals surface area (Å²) in [7, 11) is 1.32. The van der Waals surface area contributed by atoms with Crippen LogP contribution in [0.5, 0.6) is 5.75 Å².